The molecular formula is C41H38N8O5S3. The molecule has 2 N–H and O–H groups in total. The zero-order chi connectivity index (χ0) is 38.9. The number of likely N-dealkylation sites (N-methyl/N-ethyl adjacent to an activating group) is 1. The molecule has 16 heteroatoms. The first-order valence-corrected chi connectivity index (χ1v) is 21.2. The topological polar surface area (TPSA) is 146 Å². The molecular weight excluding hydrogens is 781 g/mol. The van der Waals surface area contributed by atoms with Crippen molar-refractivity contribution < 1.29 is 24.2 Å². The van der Waals surface area contributed by atoms with E-state index in [4.69, 9.17) is 9.47 Å². The van der Waals surface area contributed by atoms with Crippen LogP contribution >= 0.6 is 34.0 Å². The third-order valence-electron chi connectivity index (χ3n) is 10.3. The average Bonchev–Trinajstić information content (AvgIpc) is 3.96. The quantitative estimate of drug-likeness (QED) is 0.0962. The van der Waals surface area contributed by atoms with Crippen molar-refractivity contribution in [2.75, 3.05) is 61.5 Å². The van der Waals surface area contributed by atoms with Crippen molar-refractivity contribution in [1.82, 2.24) is 24.8 Å². The summed E-state index contributed by atoms with van der Waals surface area (Å²) in [6.45, 7) is 5.46. The highest BCUT2D eigenvalue weighted by atomic mass is 32.1. The second-order valence-corrected chi connectivity index (χ2v) is 16.9. The molecule has 1 fully saturated rings. The molecule has 13 nitrogen and oxygen atoms in total. The number of amides is 1. The third-order valence-corrected chi connectivity index (χ3v) is 13.3. The lowest BCUT2D eigenvalue weighted by molar-refractivity contribution is 0.102. The number of aryl methyl sites for hydroxylation is 1. The number of carboxylic acid groups (broad SMARTS) is 1. The number of thiophene rings is 1. The van der Waals surface area contributed by atoms with Crippen LogP contribution in [0.5, 0.6) is 11.6 Å². The molecule has 0 spiro atoms. The molecule has 0 atom stereocenters. The second kappa shape index (κ2) is 16.1. The summed E-state index contributed by atoms with van der Waals surface area (Å²) in [7, 11) is 2.15. The molecule has 57 heavy (non-hydrogen) atoms. The van der Waals surface area contributed by atoms with Crippen LogP contribution in [0, 0.1) is 0 Å². The van der Waals surface area contributed by atoms with Crippen molar-refractivity contribution >= 4 is 82.6 Å². The fourth-order valence-electron chi connectivity index (χ4n) is 7.27. The van der Waals surface area contributed by atoms with Crippen LogP contribution < -0.4 is 24.6 Å². The van der Waals surface area contributed by atoms with Crippen LogP contribution in [0.2, 0.25) is 0 Å². The minimum Gasteiger partial charge on any atom is -0.494 e. The molecule has 4 aromatic heterocycles. The van der Waals surface area contributed by atoms with Gasteiger partial charge in [-0.1, -0.05) is 59.1 Å². The van der Waals surface area contributed by atoms with Crippen molar-refractivity contribution in [2.24, 2.45) is 0 Å². The van der Waals surface area contributed by atoms with Gasteiger partial charge < -0.3 is 29.3 Å². The number of nitrogens with one attached hydrogen (secondary N) is 1. The number of aromatic nitrogens is 4. The molecule has 0 aliphatic carbocycles. The van der Waals surface area contributed by atoms with Crippen molar-refractivity contribution in [3.63, 3.8) is 0 Å². The number of anilines is 3. The van der Waals surface area contributed by atoms with Crippen molar-refractivity contribution in [2.45, 2.75) is 25.8 Å². The summed E-state index contributed by atoms with van der Waals surface area (Å²) < 4.78 is 13.4. The van der Waals surface area contributed by atoms with E-state index in [2.05, 4.69) is 64.5 Å². The van der Waals surface area contributed by atoms with Gasteiger partial charge in [-0.15, -0.1) is 11.3 Å². The third kappa shape index (κ3) is 7.85. The molecule has 2 aliphatic heterocycles. The Morgan fingerprint density at radius 2 is 1.75 bits per heavy atom. The SMILES string of the molecule is CN1CCN(c2ncnc3c(-c4ccc(OCCCc5sc(N6CCc7cccc(C(=O)Nc8nc9ccccc9s8)c7C6)nc5OC(=O)O)cc4)csc23)CC1. The lowest BCUT2D eigenvalue weighted by Crippen LogP contribution is -2.44. The van der Waals surface area contributed by atoms with E-state index in [-0.39, 0.29) is 11.8 Å². The van der Waals surface area contributed by atoms with E-state index in [1.165, 1.54) is 22.7 Å². The molecule has 1 saturated heterocycles. The summed E-state index contributed by atoms with van der Waals surface area (Å²) in [5, 5.41) is 15.8. The Hall–Kier alpha value is -5.68. The minimum atomic E-state index is -1.41. The Kier molecular flexibility index (Phi) is 10.4. The number of piperazine rings is 1. The van der Waals surface area contributed by atoms with Gasteiger partial charge in [-0.25, -0.2) is 19.7 Å². The summed E-state index contributed by atoms with van der Waals surface area (Å²) in [4.78, 5) is 51.2. The number of para-hydroxylation sites is 1. The Labute approximate surface area is 340 Å². The second-order valence-electron chi connectivity index (χ2n) is 13.9. The first kappa shape index (κ1) is 36.9. The van der Waals surface area contributed by atoms with Gasteiger partial charge in [0.2, 0.25) is 5.88 Å². The smallest absolute Gasteiger partial charge is 0.494 e. The lowest BCUT2D eigenvalue weighted by Gasteiger charge is -2.33. The van der Waals surface area contributed by atoms with Gasteiger partial charge in [0.25, 0.3) is 5.91 Å². The van der Waals surface area contributed by atoms with E-state index < -0.39 is 6.16 Å². The summed E-state index contributed by atoms with van der Waals surface area (Å²) in [6, 6.07) is 21.6. The molecule has 3 aromatic carbocycles. The number of fused-ring (bicyclic) bond motifs is 3. The summed E-state index contributed by atoms with van der Waals surface area (Å²) >= 11 is 4.52. The number of rotatable bonds is 11. The molecule has 0 radical (unpaired) electrons. The highest BCUT2D eigenvalue weighted by Gasteiger charge is 2.27. The highest BCUT2D eigenvalue weighted by molar-refractivity contribution is 7.22. The van der Waals surface area contributed by atoms with Gasteiger partial charge in [0.05, 0.1) is 31.9 Å². The van der Waals surface area contributed by atoms with E-state index in [0.29, 0.717) is 54.8 Å². The molecule has 9 rings (SSSR count). The number of carbonyl (C=O) groups is 2. The van der Waals surface area contributed by atoms with Crippen LogP contribution in [0.1, 0.15) is 32.8 Å². The zero-order valence-corrected chi connectivity index (χ0v) is 33.5. The standard InChI is InChI=1S/C41H38N8O5S3/c1-47-17-19-48(20-18-47)36-35-34(42-24-43-36)30(23-55-35)26-11-13-27(14-12-26)53-21-5-10-33-38(54-41(51)52)46-40(57-33)49-16-15-25-6-4-7-28(29(25)22-49)37(50)45-39-44-31-8-2-3-9-32(31)56-39/h2-4,6-9,11-14,23-24H,5,10,15-22H2,1H3,(H,51,52)(H,44,45,50). The first-order valence-electron chi connectivity index (χ1n) is 18.7. The van der Waals surface area contributed by atoms with E-state index in [1.54, 1.807) is 17.7 Å². The van der Waals surface area contributed by atoms with Crippen LogP contribution in [-0.2, 0) is 19.4 Å². The Morgan fingerprint density at radius 1 is 0.912 bits per heavy atom. The van der Waals surface area contributed by atoms with Crippen LogP contribution in [-0.4, -0.2) is 88.4 Å². The van der Waals surface area contributed by atoms with Gasteiger partial charge in [0.15, 0.2) is 10.3 Å². The number of hydrogen-bond donors (Lipinski definition) is 2. The molecule has 1 amide bonds. The Morgan fingerprint density at radius 3 is 2.58 bits per heavy atom. The van der Waals surface area contributed by atoms with Gasteiger partial charge in [-0.2, -0.15) is 4.98 Å². The maximum absolute atomic E-state index is 13.5. The molecule has 0 bridgehead atoms. The molecule has 7 aromatic rings. The van der Waals surface area contributed by atoms with Gasteiger partial charge in [0.1, 0.15) is 17.9 Å². The summed E-state index contributed by atoms with van der Waals surface area (Å²) in [6.07, 6.45) is 2.11. The predicted molar refractivity (Wildman–Crippen MR) is 226 cm³/mol. The van der Waals surface area contributed by atoms with Crippen LogP contribution in [0.4, 0.5) is 20.9 Å². The number of benzene rings is 3. The van der Waals surface area contributed by atoms with E-state index in [9.17, 15) is 14.7 Å². The molecule has 0 saturated carbocycles. The molecule has 6 heterocycles. The number of ether oxygens (including phenoxy) is 2. The largest absolute Gasteiger partial charge is 0.512 e. The average molecular weight is 819 g/mol. The zero-order valence-electron chi connectivity index (χ0n) is 31.0. The van der Waals surface area contributed by atoms with Gasteiger partial charge in [0, 0.05) is 55.8 Å². The van der Waals surface area contributed by atoms with E-state index >= 15 is 0 Å². The number of thiazole rings is 2. The summed E-state index contributed by atoms with van der Waals surface area (Å²) in [5.74, 6) is 1.61. The van der Waals surface area contributed by atoms with E-state index in [0.717, 1.165) is 85.3 Å². The predicted octanol–water partition coefficient (Wildman–Crippen LogP) is 8.06. The summed E-state index contributed by atoms with van der Waals surface area (Å²) in [5.41, 5.74) is 6.52. The maximum atomic E-state index is 13.5. The van der Waals surface area contributed by atoms with Gasteiger partial charge >= 0.3 is 6.16 Å². The monoisotopic (exact) mass is 818 g/mol. The number of carbonyl (C=O) groups excluding carboxylic acids is 1. The molecule has 0 unspecified atom stereocenters. The van der Waals surface area contributed by atoms with Gasteiger partial charge in [-0.3, -0.25) is 10.1 Å². The Balaban J connectivity index is 0.839. The Bertz CT molecular complexity index is 2550. The van der Waals surface area contributed by atoms with Crippen LogP contribution in [0.25, 0.3) is 31.6 Å². The number of hydrogen-bond acceptors (Lipinski definition) is 14. The van der Waals surface area contributed by atoms with Gasteiger partial charge in [-0.05, 0) is 73.3 Å². The first-order chi connectivity index (χ1) is 27.9. The van der Waals surface area contributed by atoms with Crippen molar-refractivity contribution in [3.8, 4) is 22.8 Å². The van der Waals surface area contributed by atoms with Crippen LogP contribution in [0.15, 0.2) is 78.4 Å². The fourth-order valence-corrected chi connectivity index (χ4v) is 10.2. The maximum Gasteiger partial charge on any atom is 0.512 e. The normalized spacial score (nSPS) is 14.5. The fraction of sp³-hybridized carbons (Fsp3) is 0.268. The molecule has 2 aliphatic rings. The van der Waals surface area contributed by atoms with Crippen LogP contribution in [0.3, 0.4) is 0 Å². The van der Waals surface area contributed by atoms with Crippen molar-refractivity contribution in [3.05, 3.63) is 100 Å². The minimum absolute atomic E-state index is 0.0853. The molecule has 290 valence electrons. The number of nitrogens with zero attached hydrogens (tertiary/aromatic N) is 7. The highest BCUT2D eigenvalue weighted by Crippen LogP contribution is 2.39. The lowest BCUT2D eigenvalue weighted by atomic mass is 9.94. The van der Waals surface area contributed by atoms with E-state index in [1.807, 2.05) is 54.6 Å². The van der Waals surface area contributed by atoms with Crippen molar-refractivity contribution in [1.29, 1.82) is 0 Å².